The summed E-state index contributed by atoms with van der Waals surface area (Å²) in [6, 6.07) is 1.75. The Morgan fingerprint density at radius 3 is 1.60 bits per heavy atom. The molecule has 0 aliphatic rings. The van der Waals surface area contributed by atoms with Gasteiger partial charge in [-0.2, -0.15) is 5.26 Å². The fraction of sp³-hybridized carbons (Fsp3) is 0.500. The van der Waals surface area contributed by atoms with E-state index < -0.39 is 0 Å². The van der Waals surface area contributed by atoms with Crippen LogP contribution < -0.4 is 24.0 Å². The number of nitrogens with zero attached hydrogens (tertiary/aromatic N) is 1. The molecule has 0 atom stereocenters. The SMILES string of the molecule is CC#N.[Cu+].[I-]. The zero-order chi connectivity index (χ0) is 2.71. The molecule has 0 radical (unpaired) electrons. The van der Waals surface area contributed by atoms with Crippen molar-refractivity contribution in [2.45, 2.75) is 6.92 Å². The van der Waals surface area contributed by atoms with Crippen molar-refractivity contribution in [2.75, 3.05) is 0 Å². The Morgan fingerprint density at radius 1 is 1.60 bits per heavy atom. The van der Waals surface area contributed by atoms with Crippen molar-refractivity contribution in [3.05, 3.63) is 0 Å². The van der Waals surface area contributed by atoms with E-state index in [9.17, 15) is 0 Å². The van der Waals surface area contributed by atoms with E-state index in [1.54, 1.807) is 6.07 Å². The molecule has 0 bridgehead atoms. The van der Waals surface area contributed by atoms with E-state index in [0.29, 0.717) is 0 Å². The van der Waals surface area contributed by atoms with Crippen LogP contribution in [0.5, 0.6) is 0 Å². The van der Waals surface area contributed by atoms with Crippen molar-refractivity contribution in [3.63, 3.8) is 0 Å². The van der Waals surface area contributed by atoms with Crippen molar-refractivity contribution >= 4 is 0 Å². The molecule has 0 saturated heterocycles. The van der Waals surface area contributed by atoms with Gasteiger partial charge in [0.1, 0.15) is 0 Å². The molecule has 0 fully saturated rings. The Bertz CT molecular complexity index is 31.1. The van der Waals surface area contributed by atoms with Crippen LogP contribution in [-0.2, 0) is 17.1 Å². The first-order valence-corrected chi connectivity index (χ1v) is 0.724. The average molecular weight is 232 g/mol. The van der Waals surface area contributed by atoms with Crippen molar-refractivity contribution in [2.24, 2.45) is 0 Å². The fourth-order valence-corrected chi connectivity index (χ4v) is 0. The standard InChI is InChI=1S/C2H3N.Cu.HI/c1-2-3;;/h1H3;;1H/q;+1;/p-1. The first kappa shape index (κ1) is 17.2. The molecule has 0 aromatic carbocycles. The quantitative estimate of drug-likeness (QED) is 0.335. The van der Waals surface area contributed by atoms with Gasteiger partial charge in [0.2, 0.25) is 0 Å². The van der Waals surface area contributed by atoms with Gasteiger partial charge in [-0.25, -0.2) is 0 Å². The van der Waals surface area contributed by atoms with E-state index in [0.717, 1.165) is 0 Å². The molecule has 0 spiro atoms. The number of hydrogen-bond acceptors (Lipinski definition) is 1. The van der Waals surface area contributed by atoms with Crippen LogP contribution in [0, 0.1) is 11.3 Å². The van der Waals surface area contributed by atoms with Crippen molar-refractivity contribution in [3.8, 4) is 6.07 Å². The van der Waals surface area contributed by atoms with E-state index in [-0.39, 0.29) is 41.0 Å². The van der Waals surface area contributed by atoms with Gasteiger partial charge in [-0.3, -0.25) is 0 Å². The summed E-state index contributed by atoms with van der Waals surface area (Å²) in [4.78, 5) is 0. The van der Waals surface area contributed by atoms with Crippen LogP contribution in [0.25, 0.3) is 0 Å². The average Bonchev–Trinajstić information content (AvgIpc) is 0.918. The summed E-state index contributed by atoms with van der Waals surface area (Å²) in [6.07, 6.45) is 0. The number of halogens is 1. The molecule has 34 valence electrons. The van der Waals surface area contributed by atoms with Crippen molar-refractivity contribution < 1.29 is 41.0 Å². The third-order valence-corrected chi connectivity index (χ3v) is 0. The summed E-state index contributed by atoms with van der Waals surface area (Å²) in [6.45, 7) is 1.43. The van der Waals surface area contributed by atoms with Crippen LogP contribution in [0.2, 0.25) is 0 Å². The summed E-state index contributed by atoms with van der Waals surface area (Å²) < 4.78 is 0. The van der Waals surface area contributed by atoms with Crippen molar-refractivity contribution in [1.82, 2.24) is 0 Å². The minimum Gasteiger partial charge on any atom is -1.00 e. The third-order valence-electron chi connectivity index (χ3n) is 0. The molecule has 0 aliphatic heterocycles. The maximum atomic E-state index is 7.32. The summed E-state index contributed by atoms with van der Waals surface area (Å²) >= 11 is 0. The van der Waals surface area contributed by atoms with Crippen LogP contribution >= 0.6 is 0 Å². The van der Waals surface area contributed by atoms with Crippen molar-refractivity contribution in [1.29, 1.82) is 5.26 Å². The van der Waals surface area contributed by atoms with E-state index in [1.807, 2.05) is 0 Å². The van der Waals surface area contributed by atoms with Crippen LogP contribution in [0.15, 0.2) is 0 Å². The molecular weight excluding hydrogens is 228 g/mol. The summed E-state index contributed by atoms with van der Waals surface area (Å²) in [5.74, 6) is 0. The Kier molecular flexibility index (Phi) is 75.3. The van der Waals surface area contributed by atoms with E-state index in [2.05, 4.69) is 0 Å². The predicted molar refractivity (Wildman–Crippen MR) is 11.3 cm³/mol. The third kappa shape index (κ3) is 65.0. The molecule has 1 nitrogen and oxygen atoms in total. The zero-order valence-electron chi connectivity index (χ0n) is 2.63. The summed E-state index contributed by atoms with van der Waals surface area (Å²) in [5, 5.41) is 7.32. The van der Waals surface area contributed by atoms with Gasteiger partial charge in [-0.05, 0) is 0 Å². The molecule has 0 saturated carbocycles. The first-order valence-electron chi connectivity index (χ1n) is 0.724. The summed E-state index contributed by atoms with van der Waals surface area (Å²) in [5.41, 5.74) is 0. The van der Waals surface area contributed by atoms with Gasteiger partial charge in [-0.1, -0.05) is 0 Å². The molecule has 0 aromatic heterocycles. The Morgan fingerprint density at radius 2 is 1.60 bits per heavy atom. The topological polar surface area (TPSA) is 23.8 Å². The van der Waals surface area contributed by atoms with Gasteiger partial charge in [0.25, 0.3) is 0 Å². The maximum Gasteiger partial charge on any atom is 1.00 e. The second-order valence-corrected chi connectivity index (χ2v) is 0.224. The van der Waals surface area contributed by atoms with Gasteiger partial charge >= 0.3 is 17.1 Å². The van der Waals surface area contributed by atoms with E-state index in [4.69, 9.17) is 5.26 Å². The second kappa shape index (κ2) is 21.9. The van der Waals surface area contributed by atoms with Gasteiger partial charge in [0.15, 0.2) is 0 Å². The molecule has 0 rings (SSSR count). The minimum atomic E-state index is 0. The van der Waals surface area contributed by atoms with Crippen LogP contribution in [-0.4, -0.2) is 0 Å². The number of rotatable bonds is 0. The normalized spacial score (nSPS) is 1.60. The Balaban J connectivity index is -0.0000000200. The van der Waals surface area contributed by atoms with Gasteiger partial charge < -0.3 is 24.0 Å². The van der Waals surface area contributed by atoms with Gasteiger partial charge in [0, 0.05) is 6.92 Å². The monoisotopic (exact) mass is 231 g/mol. The molecule has 3 heteroatoms. The number of hydrogen-bond donors (Lipinski definition) is 0. The Hall–Kier alpha value is 0.739. The second-order valence-electron chi connectivity index (χ2n) is 0.224. The van der Waals surface area contributed by atoms with Crippen LogP contribution in [0.1, 0.15) is 6.92 Å². The smallest absolute Gasteiger partial charge is 1.00 e. The van der Waals surface area contributed by atoms with Crippen LogP contribution in [0.3, 0.4) is 0 Å². The molecular formula is C2H3CuIN. The Labute approximate surface area is 59.2 Å². The molecule has 5 heavy (non-hydrogen) atoms. The molecule has 0 heterocycles. The maximum absolute atomic E-state index is 7.32. The van der Waals surface area contributed by atoms with Gasteiger partial charge in [0.05, 0.1) is 6.07 Å². The molecule has 0 unspecified atom stereocenters. The number of nitriles is 1. The van der Waals surface area contributed by atoms with E-state index >= 15 is 0 Å². The largest absolute Gasteiger partial charge is 1.00 e. The molecule has 0 aliphatic carbocycles. The minimum absolute atomic E-state index is 0. The zero-order valence-corrected chi connectivity index (χ0v) is 5.73. The first-order chi connectivity index (χ1) is 1.41. The fourth-order valence-electron chi connectivity index (χ4n) is 0. The predicted octanol–water partition coefficient (Wildman–Crippen LogP) is -2.47. The molecule has 0 N–H and O–H groups in total. The molecule has 0 amide bonds. The molecule has 0 aromatic rings. The van der Waals surface area contributed by atoms with Crippen LogP contribution in [0.4, 0.5) is 0 Å². The van der Waals surface area contributed by atoms with Gasteiger partial charge in [-0.15, -0.1) is 0 Å². The van der Waals surface area contributed by atoms with E-state index in [1.165, 1.54) is 6.92 Å². The summed E-state index contributed by atoms with van der Waals surface area (Å²) in [7, 11) is 0.